The second-order valence-electron chi connectivity index (χ2n) is 8.60. The molecule has 1 saturated heterocycles. The maximum Gasteiger partial charge on any atom is 0.317 e. The lowest BCUT2D eigenvalue weighted by molar-refractivity contribution is -0.0173. The van der Waals surface area contributed by atoms with E-state index >= 15 is 0 Å². The van der Waals surface area contributed by atoms with Gasteiger partial charge in [0.15, 0.2) is 0 Å². The fraction of sp³-hybridized carbons (Fsp3) is 0.682. The quantitative estimate of drug-likeness (QED) is 0.662. The topological polar surface area (TPSA) is 87.7 Å². The highest BCUT2D eigenvalue weighted by molar-refractivity contribution is 7.88. The van der Waals surface area contributed by atoms with Crippen molar-refractivity contribution >= 4 is 16.1 Å². The summed E-state index contributed by atoms with van der Waals surface area (Å²) < 4.78 is 46.1. The fourth-order valence-corrected chi connectivity index (χ4v) is 5.56. The van der Waals surface area contributed by atoms with Crippen LogP contribution in [0, 0.1) is 5.82 Å². The Kier molecular flexibility index (Phi) is 8.30. The van der Waals surface area contributed by atoms with E-state index in [2.05, 4.69) is 10.0 Å². The lowest BCUT2D eigenvalue weighted by Crippen LogP contribution is -2.60. The maximum atomic E-state index is 13.5. The zero-order chi connectivity index (χ0) is 22.4. The molecule has 0 spiro atoms. The van der Waals surface area contributed by atoms with E-state index in [-0.39, 0.29) is 30.0 Å². The van der Waals surface area contributed by atoms with Gasteiger partial charge in [-0.15, -0.1) is 0 Å². The van der Waals surface area contributed by atoms with Crippen molar-refractivity contribution in [2.24, 2.45) is 0 Å². The number of amides is 2. The molecule has 9 heteroatoms. The number of nitrogens with zero attached hydrogens (tertiary/aromatic N) is 1. The number of piperidine rings is 1. The van der Waals surface area contributed by atoms with E-state index in [1.54, 1.807) is 17.0 Å². The van der Waals surface area contributed by atoms with Crippen LogP contribution in [-0.2, 0) is 14.8 Å². The Morgan fingerprint density at radius 3 is 2.61 bits per heavy atom. The third-order valence-corrected chi connectivity index (χ3v) is 6.96. The number of carbonyl (C=O) groups excluding carboxylic acids is 1. The highest BCUT2D eigenvalue weighted by Crippen LogP contribution is 2.34. The number of hydrogen-bond donors (Lipinski definition) is 2. The standard InChI is InChI=1S/C22H34FN3O4S/c1-3-24-22(27)26-13-5-8-20(25-31(2,28)29)21(26)15-30-19-11-9-16(10-12-19)17-6-4-7-18(23)14-17/h4,6-7,14,16,19-21,25H,3,5,8-13,15H2,1-2H3,(H,24,27)/t16?,19?,20-,21-/m0/s1. The molecule has 0 unspecified atom stereocenters. The van der Waals surface area contributed by atoms with Gasteiger partial charge >= 0.3 is 6.03 Å². The van der Waals surface area contributed by atoms with Crippen molar-refractivity contribution in [1.29, 1.82) is 0 Å². The first kappa shape index (κ1) is 23.9. The van der Waals surface area contributed by atoms with Gasteiger partial charge in [0.05, 0.1) is 25.0 Å². The zero-order valence-corrected chi connectivity index (χ0v) is 19.2. The Hall–Kier alpha value is -1.71. The summed E-state index contributed by atoms with van der Waals surface area (Å²) in [5.74, 6) is 0.125. The number of rotatable bonds is 7. The molecule has 2 atom stereocenters. The molecule has 1 aromatic rings. The SMILES string of the molecule is CCNC(=O)N1CCC[C@H](NS(C)(=O)=O)[C@@H]1COC1CCC(c2cccc(F)c2)CC1. The molecular weight excluding hydrogens is 421 g/mol. The molecule has 0 radical (unpaired) electrons. The summed E-state index contributed by atoms with van der Waals surface area (Å²) in [6, 6.07) is 5.89. The highest BCUT2D eigenvalue weighted by atomic mass is 32.2. The summed E-state index contributed by atoms with van der Waals surface area (Å²) in [6.45, 7) is 3.24. The average molecular weight is 456 g/mol. The van der Waals surface area contributed by atoms with E-state index in [9.17, 15) is 17.6 Å². The fourth-order valence-electron chi connectivity index (χ4n) is 4.74. The molecule has 1 aliphatic heterocycles. The monoisotopic (exact) mass is 455 g/mol. The van der Waals surface area contributed by atoms with Crippen molar-refractivity contribution in [1.82, 2.24) is 14.9 Å². The summed E-state index contributed by atoms with van der Waals surface area (Å²) in [6.07, 6.45) is 6.17. The van der Waals surface area contributed by atoms with E-state index in [0.29, 0.717) is 32.0 Å². The number of hydrogen-bond acceptors (Lipinski definition) is 4. The van der Waals surface area contributed by atoms with Crippen LogP contribution in [0.5, 0.6) is 0 Å². The predicted octanol–water partition coefficient (Wildman–Crippen LogP) is 2.98. The number of sulfonamides is 1. The molecule has 1 aromatic carbocycles. The molecule has 7 nitrogen and oxygen atoms in total. The molecule has 2 amide bonds. The number of carbonyl (C=O) groups is 1. The van der Waals surface area contributed by atoms with Crippen LogP contribution in [0.3, 0.4) is 0 Å². The Labute approximate surface area is 184 Å². The van der Waals surface area contributed by atoms with Crippen LogP contribution in [0.25, 0.3) is 0 Å². The van der Waals surface area contributed by atoms with Crippen molar-refractivity contribution in [3.05, 3.63) is 35.6 Å². The van der Waals surface area contributed by atoms with Crippen molar-refractivity contribution < 1.29 is 22.3 Å². The second kappa shape index (κ2) is 10.7. The molecule has 1 heterocycles. The number of benzene rings is 1. The van der Waals surface area contributed by atoms with Gasteiger partial charge in [0, 0.05) is 19.1 Å². The van der Waals surface area contributed by atoms with Crippen LogP contribution in [0.15, 0.2) is 24.3 Å². The molecule has 0 aromatic heterocycles. The molecule has 0 bridgehead atoms. The van der Waals surface area contributed by atoms with Crippen LogP contribution in [0.1, 0.15) is 56.9 Å². The number of nitrogens with one attached hydrogen (secondary N) is 2. The van der Waals surface area contributed by atoms with Crippen LogP contribution in [-0.4, -0.2) is 63.5 Å². The van der Waals surface area contributed by atoms with Crippen molar-refractivity contribution in [2.75, 3.05) is 26.0 Å². The van der Waals surface area contributed by atoms with Crippen molar-refractivity contribution in [3.8, 4) is 0 Å². The van der Waals surface area contributed by atoms with E-state index in [0.717, 1.165) is 43.9 Å². The van der Waals surface area contributed by atoms with Gasteiger partial charge in [-0.3, -0.25) is 0 Å². The smallest absolute Gasteiger partial charge is 0.317 e. The van der Waals surface area contributed by atoms with E-state index in [4.69, 9.17) is 4.74 Å². The van der Waals surface area contributed by atoms with Crippen LogP contribution in [0.2, 0.25) is 0 Å². The molecule has 2 N–H and O–H groups in total. The second-order valence-corrected chi connectivity index (χ2v) is 10.4. The van der Waals surface area contributed by atoms with Gasteiger partial charge in [-0.05, 0) is 69.1 Å². The molecule has 3 rings (SSSR count). The number of halogens is 1. The average Bonchev–Trinajstić information content (AvgIpc) is 2.72. The number of likely N-dealkylation sites (tertiary alicyclic amines) is 1. The Balaban J connectivity index is 1.60. The Morgan fingerprint density at radius 2 is 1.97 bits per heavy atom. The van der Waals surface area contributed by atoms with E-state index in [1.807, 2.05) is 13.0 Å². The third kappa shape index (κ3) is 6.89. The van der Waals surface area contributed by atoms with E-state index < -0.39 is 10.0 Å². The predicted molar refractivity (Wildman–Crippen MR) is 118 cm³/mol. The lowest BCUT2D eigenvalue weighted by Gasteiger charge is -2.42. The normalized spacial score (nSPS) is 27.1. The van der Waals surface area contributed by atoms with Gasteiger partial charge in [-0.1, -0.05) is 12.1 Å². The van der Waals surface area contributed by atoms with Crippen molar-refractivity contribution in [3.63, 3.8) is 0 Å². The number of ether oxygens (including phenoxy) is 1. The summed E-state index contributed by atoms with van der Waals surface area (Å²) in [7, 11) is -3.40. The lowest BCUT2D eigenvalue weighted by atomic mass is 9.82. The summed E-state index contributed by atoms with van der Waals surface area (Å²) in [4.78, 5) is 14.3. The van der Waals surface area contributed by atoms with Crippen molar-refractivity contribution in [2.45, 2.75) is 69.6 Å². The Bertz CT molecular complexity index is 843. The first-order chi connectivity index (χ1) is 14.8. The first-order valence-corrected chi connectivity index (χ1v) is 13.0. The minimum Gasteiger partial charge on any atom is -0.376 e. The molecule has 1 saturated carbocycles. The molecule has 2 fully saturated rings. The summed E-state index contributed by atoms with van der Waals surface area (Å²) in [5.41, 5.74) is 1.03. The van der Waals surface area contributed by atoms with Gasteiger partial charge in [-0.2, -0.15) is 0 Å². The largest absolute Gasteiger partial charge is 0.376 e. The molecule has 174 valence electrons. The molecular formula is C22H34FN3O4S. The van der Waals surface area contributed by atoms with Crippen LogP contribution < -0.4 is 10.0 Å². The van der Waals surface area contributed by atoms with E-state index in [1.165, 1.54) is 6.07 Å². The van der Waals surface area contributed by atoms with Gasteiger partial charge in [0.1, 0.15) is 5.82 Å². The Morgan fingerprint density at radius 1 is 1.23 bits per heavy atom. The van der Waals surface area contributed by atoms with Crippen LogP contribution in [0.4, 0.5) is 9.18 Å². The van der Waals surface area contributed by atoms with Gasteiger partial charge < -0.3 is 15.0 Å². The third-order valence-electron chi connectivity index (χ3n) is 6.23. The molecule has 2 aliphatic rings. The molecule has 31 heavy (non-hydrogen) atoms. The van der Waals surface area contributed by atoms with Crippen LogP contribution >= 0.6 is 0 Å². The highest BCUT2D eigenvalue weighted by Gasteiger charge is 2.36. The van der Waals surface area contributed by atoms with Gasteiger partial charge in [0.2, 0.25) is 10.0 Å². The van der Waals surface area contributed by atoms with Gasteiger partial charge in [-0.25, -0.2) is 22.3 Å². The van der Waals surface area contributed by atoms with Gasteiger partial charge in [0.25, 0.3) is 0 Å². The molecule has 1 aliphatic carbocycles. The maximum absolute atomic E-state index is 13.5. The summed E-state index contributed by atoms with van der Waals surface area (Å²) in [5, 5.41) is 2.82. The summed E-state index contributed by atoms with van der Waals surface area (Å²) >= 11 is 0. The number of urea groups is 1. The first-order valence-electron chi connectivity index (χ1n) is 11.2. The zero-order valence-electron chi connectivity index (χ0n) is 18.3. The minimum absolute atomic E-state index is 0.0571. The minimum atomic E-state index is -3.40.